The van der Waals surface area contributed by atoms with Gasteiger partial charge in [0, 0.05) is 12.4 Å². The number of hydrogen-bond donors (Lipinski definition) is 1. The van der Waals surface area contributed by atoms with E-state index in [1.807, 2.05) is 0 Å². The molecule has 0 radical (unpaired) electrons. The Labute approximate surface area is 108 Å². The van der Waals surface area contributed by atoms with Gasteiger partial charge >= 0.3 is 5.97 Å². The first kappa shape index (κ1) is 12.4. The van der Waals surface area contributed by atoms with E-state index < -0.39 is 5.97 Å². The van der Waals surface area contributed by atoms with Crippen molar-refractivity contribution >= 4 is 23.5 Å². The molecule has 0 unspecified atom stereocenters. The van der Waals surface area contributed by atoms with Crippen molar-refractivity contribution in [3.8, 4) is 0 Å². The maximum atomic E-state index is 11.4. The van der Waals surface area contributed by atoms with Gasteiger partial charge in [-0.3, -0.25) is 0 Å². The number of ether oxygens (including phenoxy) is 1. The highest BCUT2D eigenvalue weighted by atomic mass is 32.2. The molecule has 0 bridgehead atoms. The number of anilines is 1. The lowest BCUT2D eigenvalue weighted by atomic mass is 10.3. The molecule has 0 saturated carbocycles. The zero-order valence-corrected chi connectivity index (χ0v) is 10.4. The fourth-order valence-electron chi connectivity index (χ4n) is 1.33. The number of carbonyl (C=O) groups is 1. The molecule has 0 aliphatic heterocycles. The number of thioether (sulfide) groups is 1. The van der Waals surface area contributed by atoms with Crippen molar-refractivity contribution < 1.29 is 13.9 Å². The Kier molecular flexibility index (Phi) is 3.83. The number of rotatable bonds is 4. The van der Waals surface area contributed by atoms with Crippen molar-refractivity contribution in [1.29, 1.82) is 0 Å². The van der Waals surface area contributed by atoms with E-state index in [1.165, 1.54) is 31.3 Å². The summed E-state index contributed by atoms with van der Waals surface area (Å²) >= 11 is 1.35. The molecule has 0 aromatic carbocycles. The summed E-state index contributed by atoms with van der Waals surface area (Å²) in [6.07, 6.45) is 4.52. The van der Waals surface area contributed by atoms with Crippen molar-refractivity contribution in [1.82, 2.24) is 9.97 Å². The molecular formula is C11H11N3O3S. The van der Waals surface area contributed by atoms with Gasteiger partial charge in [-0.05, 0) is 6.07 Å². The normalized spacial score (nSPS) is 10.3. The molecule has 0 aliphatic rings. The average molecular weight is 265 g/mol. The number of methoxy groups -OCH3 is 1. The molecule has 2 heterocycles. The number of nitrogens with two attached hydrogens (primary N) is 1. The van der Waals surface area contributed by atoms with Crippen LogP contribution in [0.15, 0.2) is 34.2 Å². The third kappa shape index (κ3) is 2.62. The highest BCUT2D eigenvalue weighted by Gasteiger charge is 2.15. The van der Waals surface area contributed by atoms with Crippen LogP contribution in [0.25, 0.3) is 0 Å². The number of carbonyl (C=O) groups excluding carboxylic acids is 1. The standard InChI is InChI=1S/C11H11N3O3S/c1-16-11(15)7-2-5-17-8(7)6-18-10-9(12)13-3-4-14-10/h2-5H,6H2,1H3,(H2,12,13). The third-order valence-electron chi connectivity index (χ3n) is 2.18. The second-order valence-electron chi connectivity index (χ2n) is 3.28. The molecule has 2 aromatic rings. The molecular weight excluding hydrogens is 254 g/mol. The summed E-state index contributed by atoms with van der Waals surface area (Å²) in [5.74, 6) is 0.886. The second kappa shape index (κ2) is 5.54. The zero-order chi connectivity index (χ0) is 13.0. The number of nitrogens with zero attached hydrogens (tertiary/aromatic N) is 2. The molecule has 7 heteroatoms. The number of furan rings is 1. The SMILES string of the molecule is COC(=O)c1ccoc1CSc1nccnc1N. The largest absolute Gasteiger partial charge is 0.468 e. The molecule has 6 nitrogen and oxygen atoms in total. The Balaban J connectivity index is 2.09. The lowest BCUT2D eigenvalue weighted by Crippen LogP contribution is -2.02. The van der Waals surface area contributed by atoms with Crippen molar-refractivity contribution in [2.75, 3.05) is 12.8 Å². The maximum absolute atomic E-state index is 11.4. The van der Waals surface area contributed by atoms with Crippen LogP contribution in [-0.4, -0.2) is 23.0 Å². The fraction of sp³-hybridized carbons (Fsp3) is 0.182. The summed E-state index contributed by atoms with van der Waals surface area (Å²) in [4.78, 5) is 19.4. The van der Waals surface area contributed by atoms with Crippen LogP contribution in [0.2, 0.25) is 0 Å². The first-order valence-corrected chi connectivity index (χ1v) is 6.05. The lowest BCUT2D eigenvalue weighted by molar-refractivity contribution is 0.0598. The van der Waals surface area contributed by atoms with Gasteiger partial charge in [0.15, 0.2) is 5.82 Å². The van der Waals surface area contributed by atoms with Crippen molar-refractivity contribution in [2.24, 2.45) is 0 Å². The van der Waals surface area contributed by atoms with Crippen molar-refractivity contribution in [3.63, 3.8) is 0 Å². The van der Waals surface area contributed by atoms with Crippen LogP contribution < -0.4 is 5.73 Å². The highest BCUT2D eigenvalue weighted by molar-refractivity contribution is 7.98. The molecule has 0 spiro atoms. The molecule has 0 fully saturated rings. The average Bonchev–Trinajstić information content (AvgIpc) is 2.85. The molecule has 2 aromatic heterocycles. The number of nitrogen functional groups attached to an aromatic ring is 1. The molecule has 94 valence electrons. The summed E-state index contributed by atoms with van der Waals surface area (Å²) in [6.45, 7) is 0. The monoisotopic (exact) mass is 265 g/mol. The van der Waals surface area contributed by atoms with Gasteiger partial charge in [0.05, 0.1) is 19.1 Å². The van der Waals surface area contributed by atoms with Crippen molar-refractivity contribution in [2.45, 2.75) is 10.8 Å². The summed E-state index contributed by atoms with van der Waals surface area (Å²) in [6, 6.07) is 1.57. The van der Waals surface area contributed by atoms with Crippen LogP contribution in [0.4, 0.5) is 5.82 Å². The number of hydrogen-bond acceptors (Lipinski definition) is 7. The summed E-state index contributed by atoms with van der Waals surface area (Å²) in [7, 11) is 1.33. The van der Waals surface area contributed by atoms with E-state index in [0.717, 1.165) is 0 Å². The van der Waals surface area contributed by atoms with Crippen LogP contribution in [0.5, 0.6) is 0 Å². The molecule has 2 rings (SSSR count). The minimum absolute atomic E-state index is 0.355. The third-order valence-corrected chi connectivity index (χ3v) is 3.18. The van der Waals surface area contributed by atoms with E-state index in [9.17, 15) is 4.79 Å². The maximum Gasteiger partial charge on any atom is 0.341 e. The van der Waals surface area contributed by atoms with Crippen molar-refractivity contribution in [3.05, 3.63) is 36.0 Å². The van der Waals surface area contributed by atoms with E-state index in [0.29, 0.717) is 27.9 Å². The molecule has 18 heavy (non-hydrogen) atoms. The Morgan fingerprint density at radius 2 is 2.28 bits per heavy atom. The fourth-order valence-corrected chi connectivity index (χ4v) is 2.15. The van der Waals surface area contributed by atoms with Gasteiger partial charge in [0.2, 0.25) is 0 Å². The molecule has 0 saturated heterocycles. The van der Waals surface area contributed by atoms with Gasteiger partial charge in [-0.25, -0.2) is 14.8 Å². The molecule has 0 atom stereocenters. The lowest BCUT2D eigenvalue weighted by Gasteiger charge is -2.02. The van der Waals surface area contributed by atoms with Crippen LogP contribution in [-0.2, 0) is 10.5 Å². The second-order valence-corrected chi connectivity index (χ2v) is 4.25. The smallest absolute Gasteiger partial charge is 0.341 e. The van der Waals surface area contributed by atoms with Gasteiger partial charge in [-0.1, -0.05) is 11.8 Å². The zero-order valence-electron chi connectivity index (χ0n) is 9.62. The molecule has 0 amide bonds. The van der Waals surface area contributed by atoms with Crippen LogP contribution in [0.1, 0.15) is 16.1 Å². The Morgan fingerprint density at radius 3 is 3.00 bits per heavy atom. The van der Waals surface area contributed by atoms with Gasteiger partial charge in [0.1, 0.15) is 16.3 Å². The van der Waals surface area contributed by atoms with Crippen LogP contribution in [0, 0.1) is 0 Å². The topological polar surface area (TPSA) is 91.2 Å². The Bertz CT molecular complexity index is 556. The van der Waals surface area contributed by atoms with E-state index in [1.54, 1.807) is 12.3 Å². The van der Waals surface area contributed by atoms with Crippen LogP contribution in [0.3, 0.4) is 0 Å². The first-order valence-electron chi connectivity index (χ1n) is 5.06. The molecule has 0 aliphatic carbocycles. The van der Waals surface area contributed by atoms with E-state index in [-0.39, 0.29) is 0 Å². The summed E-state index contributed by atoms with van der Waals surface area (Å²) < 4.78 is 9.89. The number of esters is 1. The van der Waals surface area contributed by atoms with E-state index in [4.69, 9.17) is 10.2 Å². The van der Waals surface area contributed by atoms with Crippen LogP contribution >= 0.6 is 11.8 Å². The molecule has 2 N–H and O–H groups in total. The Hall–Kier alpha value is -2.02. The van der Waals surface area contributed by atoms with Gasteiger partial charge in [-0.2, -0.15) is 0 Å². The van der Waals surface area contributed by atoms with E-state index >= 15 is 0 Å². The first-order chi connectivity index (χ1) is 8.72. The predicted molar refractivity (Wildman–Crippen MR) is 66.1 cm³/mol. The Morgan fingerprint density at radius 1 is 1.50 bits per heavy atom. The predicted octanol–water partition coefficient (Wildman–Crippen LogP) is 1.73. The van der Waals surface area contributed by atoms with Gasteiger partial charge in [0.25, 0.3) is 0 Å². The number of aromatic nitrogens is 2. The van der Waals surface area contributed by atoms with Gasteiger partial charge in [-0.15, -0.1) is 0 Å². The van der Waals surface area contributed by atoms with E-state index in [2.05, 4.69) is 14.7 Å². The summed E-state index contributed by atoms with van der Waals surface area (Å²) in [5, 5.41) is 0.602. The quantitative estimate of drug-likeness (QED) is 0.664. The minimum Gasteiger partial charge on any atom is -0.468 e. The summed E-state index contributed by atoms with van der Waals surface area (Å²) in [5.41, 5.74) is 6.08. The van der Waals surface area contributed by atoms with Gasteiger partial charge < -0.3 is 14.9 Å². The highest BCUT2D eigenvalue weighted by Crippen LogP contribution is 2.26. The minimum atomic E-state index is -0.425.